The van der Waals surface area contributed by atoms with Gasteiger partial charge in [-0.2, -0.15) is 0 Å². The van der Waals surface area contributed by atoms with E-state index >= 15 is 0 Å². The van der Waals surface area contributed by atoms with Crippen LogP contribution in [0.25, 0.3) is 10.9 Å². The number of thioether (sulfide) groups is 1. The van der Waals surface area contributed by atoms with E-state index in [9.17, 15) is 0 Å². The first-order valence-electron chi connectivity index (χ1n) is 8.55. The highest BCUT2D eigenvalue weighted by atomic mass is 32.2. The van der Waals surface area contributed by atoms with Gasteiger partial charge in [-0.3, -0.25) is 0 Å². The fourth-order valence-electron chi connectivity index (χ4n) is 3.65. The first-order chi connectivity index (χ1) is 11.8. The molecule has 0 N–H and O–H groups in total. The van der Waals surface area contributed by atoms with Crippen molar-refractivity contribution in [2.45, 2.75) is 29.8 Å². The van der Waals surface area contributed by atoms with Crippen LogP contribution in [0.3, 0.4) is 0 Å². The molecule has 2 fully saturated rings. The summed E-state index contributed by atoms with van der Waals surface area (Å²) in [5, 5.41) is 1.13. The molecule has 6 heteroatoms. The Balaban J connectivity index is 1.62. The van der Waals surface area contributed by atoms with E-state index in [0.717, 1.165) is 68.9 Å². The standard InChI is InChI=1S/C18H23N3O2S/c1-24-14-2-3-16-15(12-14)17(20-13-19-16)21-7-4-18(23-11-8-21)5-9-22-10-6-18/h2-3,12-13H,4-11H2,1H3. The van der Waals surface area contributed by atoms with Crippen LogP contribution in [0.5, 0.6) is 0 Å². The predicted octanol–water partition coefficient (Wildman–Crippen LogP) is 3.13. The molecule has 5 nitrogen and oxygen atoms in total. The van der Waals surface area contributed by atoms with Crippen LogP contribution in [0.15, 0.2) is 29.4 Å². The maximum atomic E-state index is 6.27. The summed E-state index contributed by atoms with van der Waals surface area (Å²) in [6, 6.07) is 6.40. The molecule has 2 aliphatic rings. The molecule has 1 aromatic heterocycles. The Bertz CT molecular complexity index is 718. The number of nitrogens with zero attached hydrogens (tertiary/aromatic N) is 3. The number of aromatic nitrogens is 2. The summed E-state index contributed by atoms with van der Waals surface area (Å²) in [4.78, 5) is 12.6. The maximum Gasteiger partial charge on any atom is 0.139 e. The molecular formula is C18H23N3O2S. The number of hydrogen-bond acceptors (Lipinski definition) is 6. The van der Waals surface area contributed by atoms with Gasteiger partial charge in [0.25, 0.3) is 0 Å². The van der Waals surface area contributed by atoms with Gasteiger partial charge >= 0.3 is 0 Å². The zero-order chi connectivity index (χ0) is 16.4. The van der Waals surface area contributed by atoms with Crippen LogP contribution in [0.1, 0.15) is 19.3 Å². The molecule has 2 saturated heterocycles. The Hall–Kier alpha value is -1.37. The number of hydrogen-bond donors (Lipinski definition) is 0. The van der Waals surface area contributed by atoms with E-state index in [-0.39, 0.29) is 5.60 Å². The Morgan fingerprint density at radius 2 is 1.96 bits per heavy atom. The van der Waals surface area contributed by atoms with Crippen molar-refractivity contribution >= 4 is 28.5 Å². The lowest BCUT2D eigenvalue weighted by atomic mass is 9.90. The van der Waals surface area contributed by atoms with Crippen LogP contribution in [0.2, 0.25) is 0 Å². The first kappa shape index (κ1) is 16.1. The molecule has 128 valence electrons. The summed E-state index contributed by atoms with van der Waals surface area (Å²) >= 11 is 1.75. The van der Waals surface area contributed by atoms with E-state index in [1.54, 1.807) is 18.1 Å². The van der Waals surface area contributed by atoms with E-state index in [1.807, 2.05) is 0 Å². The Morgan fingerprint density at radius 1 is 1.08 bits per heavy atom. The van der Waals surface area contributed by atoms with Crippen molar-refractivity contribution in [3.05, 3.63) is 24.5 Å². The number of fused-ring (bicyclic) bond motifs is 1. The fourth-order valence-corrected chi connectivity index (χ4v) is 4.09. The molecule has 0 atom stereocenters. The van der Waals surface area contributed by atoms with Crippen LogP contribution in [0, 0.1) is 0 Å². The van der Waals surface area contributed by atoms with Crippen LogP contribution >= 0.6 is 11.8 Å². The smallest absolute Gasteiger partial charge is 0.139 e. The minimum absolute atomic E-state index is 0.000263. The second-order valence-electron chi connectivity index (χ2n) is 6.46. The number of benzene rings is 1. The Labute approximate surface area is 146 Å². The zero-order valence-corrected chi connectivity index (χ0v) is 14.8. The molecule has 2 aromatic rings. The third kappa shape index (κ3) is 3.10. The van der Waals surface area contributed by atoms with Crippen molar-refractivity contribution in [3.63, 3.8) is 0 Å². The van der Waals surface area contributed by atoms with E-state index in [4.69, 9.17) is 9.47 Å². The van der Waals surface area contributed by atoms with Crippen molar-refractivity contribution < 1.29 is 9.47 Å². The molecule has 3 heterocycles. The van der Waals surface area contributed by atoms with Crippen molar-refractivity contribution in [2.24, 2.45) is 0 Å². The van der Waals surface area contributed by atoms with Crippen molar-refractivity contribution in [1.29, 1.82) is 0 Å². The maximum absolute atomic E-state index is 6.27. The molecule has 0 amide bonds. The van der Waals surface area contributed by atoms with Gasteiger partial charge in [0, 0.05) is 36.6 Å². The van der Waals surface area contributed by atoms with Crippen molar-refractivity contribution in [3.8, 4) is 0 Å². The third-order valence-corrected chi connectivity index (χ3v) is 5.86. The van der Waals surface area contributed by atoms with Gasteiger partial charge in [0.1, 0.15) is 12.1 Å². The van der Waals surface area contributed by atoms with Crippen LogP contribution < -0.4 is 4.90 Å². The summed E-state index contributed by atoms with van der Waals surface area (Å²) in [6.07, 6.45) is 6.81. The number of anilines is 1. The summed E-state index contributed by atoms with van der Waals surface area (Å²) < 4.78 is 11.8. The van der Waals surface area contributed by atoms with E-state index in [2.05, 4.69) is 39.3 Å². The third-order valence-electron chi connectivity index (χ3n) is 5.13. The van der Waals surface area contributed by atoms with Crippen LogP contribution in [0.4, 0.5) is 5.82 Å². The summed E-state index contributed by atoms with van der Waals surface area (Å²) in [5.74, 6) is 1.03. The largest absolute Gasteiger partial charge is 0.381 e. The minimum atomic E-state index is 0.000263. The molecule has 0 unspecified atom stereocenters. The quantitative estimate of drug-likeness (QED) is 0.780. The van der Waals surface area contributed by atoms with Gasteiger partial charge in [0.05, 0.1) is 17.7 Å². The lowest BCUT2D eigenvalue weighted by molar-refractivity contribution is -0.105. The van der Waals surface area contributed by atoms with Gasteiger partial charge in [-0.1, -0.05) is 0 Å². The highest BCUT2D eigenvalue weighted by molar-refractivity contribution is 7.98. The Morgan fingerprint density at radius 3 is 2.79 bits per heavy atom. The number of ether oxygens (including phenoxy) is 2. The van der Waals surface area contributed by atoms with Gasteiger partial charge in [0.2, 0.25) is 0 Å². The minimum Gasteiger partial charge on any atom is -0.381 e. The average Bonchev–Trinajstić information content (AvgIpc) is 2.84. The zero-order valence-electron chi connectivity index (χ0n) is 14.0. The molecule has 24 heavy (non-hydrogen) atoms. The monoisotopic (exact) mass is 345 g/mol. The van der Waals surface area contributed by atoms with Crippen molar-refractivity contribution in [2.75, 3.05) is 44.1 Å². The molecule has 0 bridgehead atoms. The van der Waals surface area contributed by atoms with E-state index in [0.29, 0.717) is 0 Å². The van der Waals surface area contributed by atoms with Gasteiger partial charge in [-0.25, -0.2) is 9.97 Å². The second kappa shape index (κ2) is 6.86. The lowest BCUT2D eigenvalue weighted by Crippen LogP contribution is -2.39. The van der Waals surface area contributed by atoms with Gasteiger partial charge in [-0.15, -0.1) is 11.8 Å². The van der Waals surface area contributed by atoms with Gasteiger partial charge in [-0.05, 0) is 43.7 Å². The average molecular weight is 345 g/mol. The summed E-state index contributed by atoms with van der Waals surface area (Å²) in [7, 11) is 0. The summed E-state index contributed by atoms with van der Waals surface area (Å²) in [6.45, 7) is 4.21. The number of rotatable bonds is 2. The van der Waals surface area contributed by atoms with E-state index < -0.39 is 0 Å². The first-order valence-corrected chi connectivity index (χ1v) is 9.78. The second-order valence-corrected chi connectivity index (χ2v) is 7.34. The SMILES string of the molecule is CSc1ccc2ncnc(N3CCOC4(CCOCC4)CC3)c2c1. The van der Waals surface area contributed by atoms with Gasteiger partial charge in [0.15, 0.2) is 0 Å². The molecule has 1 spiro atoms. The molecular weight excluding hydrogens is 322 g/mol. The fraction of sp³-hybridized carbons (Fsp3) is 0.556. The topological polar surface area (TPSA) is 47.5 Å². The predicted molar refractivity (Wildman–Crippen MR) is 96.9 cm³/mol. The van der Waals surface area contributed by atoms with E-state index in [1.165, 1.54) is 4.90 Å². The highest BCUT2D eigenvalue weighted by Gasteiger charge is 2.36. The highest BCUT2D eigenvalue weighted by Crippen LogP contribution is 2.33. The molecule has 1 aromatic carbocycles. The molecule has 0 aliphatic carbocycles. The van der Waals surface area contributed by atoms with Gasteiger partial charge < -0.3 is 14.4 Å². The lowest BCUT2D eigenvalue weighted by Gasteiger charge is -2.35. The molecule has 0 radical (unpaired) electrons. The molecule has 4 rings (SSSR count). The van der Waals surface area contributed by atoms with Crippen LogP contribution in [-0.4, -0.2) is 54.7 Å². The molecule has 0 saturated carbocycles. The summed E-state index contributed by atoms with van der Waals surface area (Å²) in [5.41, 5.74) is 1.00. The van der Waals surface area contributed by atoms with Crippen molar-refractivity contribution in [1.82, 2.24) is 9.97 Å². The van der Waals surface area contributed by atoms with Crippen LogP contribution in [-0.2, 0) is 9.47 Å². The normalized spacial score (nSPS) is 21.1. The molecule has 2 aliphatic heterocycles. The Kier molecular flexibility index (Phi) is 4.61.